The van der Waals surface area contributed by atoms with Crippen molar-refractivity contribution in [1.29, 1.82) is 0 Å². The molecule has 1 aromatic rings. The van der Waals surface area contributed by atoms with Gasteiger partial charge in [0.25, 0.3) is 0 Å². The Morgan fingerprint density at radius 3 is 3.14 bits per heavy atom. The lowest BCUT2D eigenvalue weighted by Crippen LogP contribution is -2.31. The van der Waals surface area contributed by atoms with Crippen molar-refractivity contribution in [2.75, 3.05) is 13.1 Å². The van der Waals surface area contributed by atoms with Crippen LogP contribution in [0.1, 0.15) is 12.8 Å². The van der Waals surface area contributed by atoms with Crippen molar-refractivity contribution < 1.29 is 0 Å². The Bertz CT molecular complexity index is 302. The summed E-state index contributed by atoms with van der Waals surface area (Å²) < 4.78 is 0. The number of piperidine rings is 1. The number of thioether (sulfide) groups is 1. The molecule has 0 unspecified atom stereocenters. The summed E-state index contributed by atoms with van der Waals surface area (Å²) in [7, 11) is 0. The third-order valence-corrected chi connectivity index (χ3v) is 3.55. The molecule has 1 saturated heterocycles. The van der Waals surface area contributed by atoms with Gasteiger partial charge in [0, 0.05) is 17.9 Å². The van der Waals surface area contributed by atoms with Crippen molar-refractivity contribution >= 4 is 23.4 Å². The molecule has 0 spiro atoms. The van der Waals surface area contributed by atoms with Crippen LogP contribution in [-0.2, 0) is 0 Å². The number of hydrogen-bond acceptors (Lipinski definition) is 4. The van der Waals surface area contributed by atoms with Crippen molar-refractivity contribution in [3.63, 3.8) is 0 Å². The van der Waals surface area contributed by atoms with E-state index in [1.165, 1.54) is 19.2 Å². The van der Waals surface area contributed by atoms with Gasteiger partial charge < -0.3 is 5.32 Å². The summed E-state index contributed by atoms with van der Waals surface area (Å²) in [5.74, 6) is 0. The fourth-order valence-electron chi connectivity index (χ4n) is 1.47. The van der Waals surface area contributed by atoms with Gasteiger partial charge >= 0.3 is 0 Å². The molecule has 1 fully saturated rings. The Hall–Kier alpha value is -0.320. The fraction of sp³-hybridized carbons (Fsp3) is 0.556. The summed E-state index contributed by atoms with van der Waals surface area (Å²) >= 11 is 7.56. The summed E-state index contributed by atoms with van der Waals surface area (Å²) in [4.78, 5) is 8.03. The molecule has 76 valence electrons. The molecule has 3 nitrogen and oxygen atoms in total. The highest BCUT2D eigenvalue weighted by Gasteiger charge is 2.14. The summed E-state index contributed by atoms with van der Waals surface area (Å²) in [5.41, 5.74) is 0. The molecule has 1 aromatic heterocycles. The zero-order valence-corrected chi connectivity index (χ0v) is 9.31. The molecule has 2 rings (SSSR count). The van der Waals surface area contributed by atoms with E-state index in [0.29, 0.717) is 10.4 Å². The molecular formula is C9H12ClN3S. The largest absolute Gasteiger partial charge is 0.316 e. The molecule has 14 heavy (non-hydrogen) atoms. The Labute approximate surface area is 92.7 Å². The van der Waals surface area contributed by atoms with E-state index in [2.05, 4.69) is 15.3 Å². The predicted molar refractivity (Wildman–Crippen MR) is 58.8 cm³/mol. The monoisotopic (exact) mass is 229 g/mol. The molecule has 1 aliphatic heterocycles. The van der Waals surface area contributed by atoms with Gasteiger partial charge in [0.15, 0.2) is 0 Å². The normalized spacial score (nSPS) is 22.2. The summed E-state index contributed by atoms with van der Waals surface area (Å²) in [5, 5.41) is 5.48. The average molecular weight is 230 g/mol. The van der Waals surface area contributed by atoms with Crippen LogP contribution in [0.5, 0.6) is 0 Å². The van der Waals surface area contributed by atoms with Gasteiger partial charge in [-0.3, -0.25) is 0 Å². The topological polar surface area (TPSA) is 37.8 Å². The third-order valence-electron chi connectivity index (χ3n) is 2.15. The van der Waals surface area contributed by atoms with E-state index >= 15 is 0 Å². The first kappa shape index (κ1) is 10.2. The summed E-state index contributed by atoms with van der Waals surface area (Å²) in [6.45, 7) is 2.20. The van der Waals surface area contributed by atoms with E-state index in [0.717, 1.165) is 18.1 Å². The summed E-state index contributed by atoms with van der Waals surface area (Å²) in [6.07, 6.45) is 4.01. The maximum absolute atomic E-state index is 5.78. The van der Waals surface area contributed by atoms with Crippen molar-refractivity contribution in [3.05, 3.63) is 17.5 Å². The molecule has 1 N–H and O–H groups in total. The van der Waals surface area contributed by atoms with E-state index in [9.17, 15) is 0 Å². The molecule has 5 heteroatoms. The highest BCUT2D eigenvalue weighted by molar-refractivity contribution is 7.99. The van der Waals surface area contributed by atoms with Crippen LogP contribution in [0.3, 0.4) is 0 Å². The lowest BCUT2D eigenvalue weighted by molar-refractivity contribution is 0.531. The number of nitrogens with one attached hydrogen (secondary N) is 1. The van der Waals surface area contributed by atoms with Crippen LogP contribution >= 0.6 is 23.4 Å². The van der Waals surface area contributed by atoms with Gasteiger partial charge in [-0.15, -0.1) is 11.8 Å². The lowest BCUT2D eigenvalue weighted by Gasteiger charge is -2.21. The quantitative estimate of drug-likeness (QED) is 0.787. The average Bonchev–Trinajstić information content (AvgIpc) is 2.19. The molecule has 0 amide bonds. The van der Waals surface area contributed by atoms with Gasteiger partial charge in [0.1, 0.15) is 16.5 Å². The number of nitrogens with zero attached hydrogens (tertiary/aromatic N) is 2. The van der Waals surface area contributed by atoms with Gasteiger partial charge in [-0.1, -0.05) is 11.6 Å². The maximum atomic E-state index is 5.78. The highest BCUT2D eigenvalue weighted by atomic mass is 35.5. The Kier molecular flexibility index (Phi) is 3.61. The second-order valence-electron chi connectivity index (χ2n) is 3.27. The van der Waals surface area contributed by atoms with E-state index in [4.69, 9.17) is 11.6 Å². The Morgan fingerprint density at radius 1 is 1.50 bits per heavy atom. The Morgan fingerprint density at radius 2 is 2.43 bits per heavy atom. The first-order valence-corrected chi connectivity index (χ1v) is 5.95. The van der Waals surface area contributed by atoms with Crippen LogP contribution in [-0.4, -0.2) is 28.3 Å². The molecule has 2 heterocycles. The smallest absolute Gasteiger partial charge is 0.133 e. The van der Waals surface area contributed by atoms with Crippen LogP contribution in [0.15, 0.2) is 17.4 Å². The minimum absolute atomic E-state index is 0.520. The molecular weight excluding hydrogens is 218 g/mol. The first-order chi connectivity index (χ1) is 6.84. The van der Waals surface area contributed by atoms with E-state index in [1.807, 2.05) is 6.07 Å². The van der Waals surface area contributed by atoms with Gasteiger partial charge in [0.2, 0.25) is 0 Å². The number of aromatic nitrogens is 2. The predicted octanol–water partition coefficient (Wildman–Crippen LogP) is 1.97. The maximum Gasteiger partial charge on any atom is 0.133 e. The third kappa shape index (κ3) is 2.83. The standard InChI is InChI=1S/C9H12ClN3S/c10-8-4-9(13-6-12-8)14-7-2-1-3-11-5-7/h4,6-7,11H,1-3,5H2/t7-/m0/s1. The zero-order valence-electron chi connectivity index (χ0n) is 7.74. The first-order valence-electron chi connectivity index (χ1n) is 4.69. The number of halogens is 1. The van der Waals surface area contributed by atoms with E-state index in [1.54, 1.807) is 11.8 Å². The van der Waals surface area contributed by atoms with Crippen molar-refractivity contribution in [3.8, 4) is 0 Å². The van der Waals surface area contributed by atoms with Crippen LogP contribution in [0.4, 0.5) is 0 Å². The Balaban J connectivity index is 1.95. The van der Waals surface area contributed by atoms with Crippen LogP contribution in [0.2, 0.25) is 5.15 Å². The number of hydrogen-bond donors (Lipinski definition) is 1. The SMILES string of the molecule is Clc1cc(S[C@H]2CCCNC2)ncn1. The minimum atomic E-state index is 0.520. The van der Waals surface area contributed by atoms with E-state index < -0.39 is 0 Å². The number of rotatable bonds is 2. The molecule has 0 bridgehead atoms. The second-order valence-corrected chi connectivity index (χ2v) is 4.97. The van der Waals surface area contributed by atoms with Gasteiger partial charge in [-0.05, 0) is 19.4 Å². The molecule has 0 saturated carbocycles. The van der Waals surface area contributed by atoms with Crippen molar-refractivity contribution in [1.82, 2.24) is 15.3 Å². The van der Waals surface area contributed by atoms with Crippen LogP contribution < -0.4 is 5.32 Å². The van der Waals surface area contributed by atoms with Crippen molar-refractivity contribution in [2.45, 2.75) is 23.1 Å². The molecule has 0 aliphatic carbocycles. The highest BCUT2D eigenvalue weighted by Crippen LogP contribution is 2.26. The molecule has 0 aromatic carbocycles. The molecule has 1 aliphatic rings. The molecule has 0 radical (unpaired) electrons. The molecule has 1 atom stereocenters. The van der Waals surface area contributed by atoms with Gasteiger partial charge in [-0.25, -0.2) is 9.97 Å². The van der Waals surface area contributed by atoms with E-state index in [-0.39, 0.29) is 0 Å². The van der Waals surface area contributed by atoms with Gasteiger partial charge in [0.05, 0.1) is 0 Å². The van der Waals surface area contributed by atoms with Gasteiger partial charge in [-0.2, -0.15) is 0 Å². The van der Waals surface area contributed by atoms with Crippen LogP contribution in [0.25, 0.3) is 0 Å². The fourth-order valence-corrected chi connectivity index (χ4v) is 2.80. The minimum Gasteiger partial charge on any atom is -0.316 e. The van der Waals surface area contributed by atoms with Crippen LogP contribution in [0, 0.1) is 0 Å². The second kappa shape index (κ2) is 4.96. The summed E-state index contributed by atoms with van der Waals surface area (Å²) in [6, 6.07) is 1.82. The lowest BCUT2D eigenvalue weighted by atomic mass is 10.2. The van der Waals surface area contributed by atoms with Crippen molar-refractivity contribution in [2.24, 2.45) is 0 Å². The zero-order chi connectivity index (χ0) is 9.80.